The van der Waals surface area contributed by atoms with Gasteiger partial charge in [-0.1, -0.05) is 0 Å². The molecule has 4 rings (SSSR count). The van der Waals surface area contributed by atoms with Crippen LogP contribution in [0, 0.1) is 0 Å². The summed E-state index contributed by atoms with van der Waals surface area (Å²) in [5, 5.41) is 7.77. The number of nitrogens with two attached hydrogens (primary N) is 1. The molecule has 2 aliphatic heterocycles. The van der Waals surface area contributed by atoms with Gasteiger partial charge < -0.3 is 20.5 Å². The number of halogens is 4. The van der Waals surface area contributed by atoms with Crippen LogP contribution in [0.1, 0.15) is 12.1 Å². The van der Waals surface area contributed by atoms with Gasteiger partial charge in [0, 0.05) is 18.3 Å². The van der Waals surface area contributed by atoms with Crippen LogP contribution < -0.4 is 15.8 Å². The number of anilines is 1. The normalized spacial score (nSPS) is 22.1. The first-order valence-corrected chi connectivity index (χ1v) is 7.81. The zero-order chi connectivity index (χ0) is 17.7. The summed E-state index contributed by atoms with van der Waals surface area (Å²) in [7, 11) is 0. The van der Waals surface area contributed by atoms with Crippen molar-refractivity contribution in [2.24, 2.45) is 0 Å². The second-order valence-electron chi connectivity index (χ2n) is 6.06. The Morgan fingerprint density at radius 1 is 1.35 bits per heavy atom. The Kier molecular flexibility index (Phi) is 4.76. The first-order valence-electron chi connectivity index (χ1n) is 7.81. The number of pyridine rings is 1. The molecule has 142 valence electrons. The summed E-state index contributed by atoms with van der Waals surface area (Å²) in [6, 6.07) is 3.03. The highest BCUT2D eigenvalue weighted by Gasteiger charge is 2.42. The lowest BCUT2D eigenvalue weighted by molar-refractivity contribution is -0.274. The lowest BCUT2D eigenvalue weighted by Gasteiger charge is -2.33. The van der Waals surface area contributed by atoms with Crippen molar-refractivity contribution in [1.82, 2.24) is 20.1 Å². The van der Waals surface area contributed by atoms with Gasteiger partial charge in [0.1, 0.15) is 5.60 Å². The highest BCUT2D eigenvalue weighted by Crippen LogP contribution is 2.38. The molecule has 0 saturated carbocycles. The van der Waals surface area contributed by atoms with Gasteiger partial charge in [-0.3, -0.25) is 4.68 Å². The zero-order valence-electron chi connectivity index (χ0n) is 13.5. The van der Waals surface area contributed by atoms with Gasteiger partial charge >= 0.3 is 6.36 Å². The Bertz CT molecular complexity index is 805. The molecule has 2 aromatic rings. The van der Waals surface area contributed by atoms with Crippen LogP contribution in [-0.2, 0) is 16.9 Å². The first kappa shape index (κ1) is 18.7. The predicted octanol–water partition coefficient (Wildman–Crippen LogP) is 2.07. The molecule has 1 saturated heterocycles. The third-order valence-electron chi connectivity index (χ3n) is 4.45. The molecule has 0 radical (unpaired) electrons. The Hall–Kier alpha value is -2.04. The van der Waals surface area contributed by atoms with E-state index in [9.17, 15) is 13.2 Å². The average molecular weight is 392 g/mol. The molecule has 4 heterocycles. The van der Waals surface area contributed by atoms with Gasteiger partial charge in [-0.25, -0.2) is 4.98 Å². The van der Waals surface area contributed by atoms with Gasteiger partial charge in [-0.15, -0.1) is 25.6 Å². The van der Waals surface area contributed by atoms with Gasteiger partial charge in [-0.05, 0) is 25.1 Å². The first-order chi connectivity index (χ1) is 11.9. The number of hydrogen-bond acceptors (Lipinski definition) is 6. The lowest BCUT2D eigenvalue weighted by Crippen LogP contribution is -2.40. The fourth-order valence-corrected chi connectivity index (χ4v) is 3.31. The van der Waals surface area contributed by atoms with E-state index in [4.69, 9.17) is 10.5 Å². The summed E-state index contributed by atoms with van der Waals surface area (Å²) < 4.78 is 49.2. The maximum Gasteiger partial charge on any atom is 0.573 e. The smallest absolute Gasteiger partial charge is 0.402 e. The molecule has 0 unspecified atom stereocenters. The van der Waals surface area contributed by atoms with Gasteiger partial charge in [0.2, 0.25) is 0 Å². The largest absolute Gasteiger partial charge is 0.573 e. The van der Waals surface area contributed by atoms with Crippen molar-refractivity contribution >= 4 is 18.2 Å². The van der Waals surface area contributed by atoms with E-state index >= 15 is 0 Å². The van der Waals surface area contributed by atoms with Crippen LogP contribution in [0.3, 0.4) is 0 Å². The Morgan fingerprint density at radius 2 is 2.15 bits per heavy atom. The molecular formula is C15H17ClF3N5O2. The predicted molar refractivity (Wildman–Crippen MR) is 88.9 cm³/mol. The minimum Gasteiger partial charge on any atom is -0.402 e. The number of alkyl halides is 3. The van der Waals surface area contributed by atoms with Crippen LogP contribution in [0.4, 0.5) is 19.0 Å². The summed E-state index contributed by atoms with van der Waals surface area (Å²) >= 11 is 0. The monoisotopic (exact) mass is 391 g/mol. The number of nitrogens with one attached hydrogen (secondary N) is 1. The van der Waals surface area contributed by atoms with E-state index in [0.29, 0.717) is 31.0 Å². The second kappa shape index (κ2) is 6.60. The number of rotatable bonds is 2. The fraction of sp³-hybridized carbons (Fsp3) is 0.467. The molecule has 0 aromatic carbocycles. The number of hydrogen-bond donors (Lipinski definition) is 2. The topological polar surface area (TPSA) is 87.2 Å². The van der Waals surface area contributed by atoms with Gasteiger partial charge in [0.15, 0.2) is 11.6 Å². The Labute approximate surface area is 153 Å². The molecule has 1 fully saturated rings. The van der Waals surface area contributed by atoms with E-state index in [1.165, 1.54) is 12.3 Å². The fourth-order valence-electron chi connectivity index (χ4n) is 3.31. The standard InChI is InChI=1S/C15H16F3N5O2.ClH/c16-15(17,18)25-11-5-9(7-21-13(11)19)10-6-12-14(1-2-20-8-14)24-4-3-23(12)22-10;/h5-7,20H,1-4,8H2,(H2,19,21);1H/t14-;/m1./s1. The SMILES string of the molecule is Cl.Nc1ncc(-c2cc3n(n2)CCO[C@@]32CCNC2)cc1OC(F)(F)F. The molecule has 7 nitrogen and oxygen atoms in total. The van der Waals surface area contributed by atoms with Crippen LogP contribution in [0.5, 0.6) is 5.75 Å². The highest BCUT2D eigenvalue weighted by atomic mass is 35.5. The van der Waals surface area contributed by atoms with E-state index in [2.05, 4.69) is 20.1 Å². The summed E-state index contributed by atoms with van der Waals surface area (Å²) in [5.74, 6) is -0.866. The second-order valence-corrected chi connectivity index (χ2v) is 6.06. The third kappa shape index (κ3) is 3.31. The summed E-state index contributed by atoms with van der Waals surface area (Å²) in [5.41, 5.74) is 6.86. The molecule has 2 aromatic heterocycles. The number of nitrogen functional groups attached to an aromatic ring is 1. The molecule has 3 N–H and O–H groups in total. The van der Waals surface area contributed by atoms with E-state index in [1.54, 1.807) is 0 Å². The minimum absolute atomic E-state index is 0. The van der Waals surface area contributed by atoms with Crippen LogP contribution in [0.15, 0.2) is 18.3 Å². The van der Waals surface area contributed by atoms with Crippen LogP contribution in [0.2, 0.25) is 0 Å². The van der Waals surface area contributed by atoms with E-state index in [1.807, 2.05) is 10.7 Å². The van der Waals surface area contributed by atoms with Crippen molar-refractivity contribution in [3.05, 3.63) is 24.0 Å². The number of fused-ring (bicyclic) bond motifs is 2. The van der Waals surface area contributed by atoms with Crippen molar-refractivity contribution in [1.29, 1.82) is 0 Å². The molecule has 26 heavy (non-hydrogen) atoms. The van der Waals surface area contributed by atoms with Crippen molar-refractivity contribution in [3.63, 3.8) is 0 Å². The average Bonchev–Trinajstić information content (AvgIpc) is 3.17. The molecule has 1 spiro atoms. The van der Waals surface area contributed by atoms with Crippen molar-refractivity contribution in [2.45, 2.75) is 24.9 Å². The molecule has 0 bridgehead atoms. The van der Waals surface area contributed by atoms with E-state index in [0.717, 1.165) is 18.7 Å². The van der Waals surface area contributed by atoms with Gasteiger partial charge in [0.05, 0.1) is 24.5 Å². The maximum absolute atomic E-state index is 12.5. The Morgan fingerprint density at radius 3 is 2.85 bits per heavy atom. The van der Waals surface area contributed by atoms with Gasteiger partial charge in [-0.2, -0.15) is 5.10 Å². The maximum atomic E-state index is 12.5. The molecular weight excluding hydrogens is 375 g/mol. The van der Waals surface area contributed by atoms with Gasteiger partial charge in [0.25, 0.3) is 0 Å². The minimum atomic E-state index is -4.84. The number of nitrogens with zero attached hydrogens (tertiary/aromatic N) is 3. The summed E-state index contributed by atoms with van der Waals surface area (Å²) in [4.78, 5) is 3.79. The van der Waals surface area contributed by atoms with E-state index in [-0.39, 0.29) is 18.2 Å². The quantitative estimate of drug-likeness (QED) is 0.815. The number of aromatic nitrogens is 3. The van der Waals surface area contributed by atoms with E-state index < -0.39 is 17.7 Å². The molecule has 0 amide bonds. The molecule has 11 heteroatoms. The van der Waals surface area contributed by atoms with Crippen molar-refractivity contribution < 1.29 is 22.6 Å². The van der Waals surface area contributed by atoms with Crippen LogP contribution >= 0.6 is 12.4 Å². The summed E-state index contributed by atoms with van der Waals surface area (Å²) in [6.45, 7) is 2.65. The molecule has 2 aliphatic rings. The molecule has 1 atom stereocenters. The molecule has 0 aliphatic carbocycles. The van der Waals surface area contributed by atoms with Crippen LogP contribution in [-0.4, -0.2) is 40.8 Å². The summed E-state index contributed by atoms with van der Waals surface area (Å²) in [6.07, 6.45) is -2.64. The number of ether oxygens (including phenoxy) is 2. The third-order valence-corrected chi connectivity index (χ3v) is 4.45. The zero-order valence-corrected chi connectivity index (χ0v) is 14.4. The Balaban J connectivity index is 0.00000196. The van der Waals surface area contributed by atoms with Crippen molar-refractivity contribution in [2.75, 3.05) is 25.4 Å². The van der Waals surface area contributed by atoms with Crippen molar-refractivity contribution in [3.8, 4) is 17.0 Å². The lowest BCUT2D eigenvalue weighted by atomic mass is 9.96. The van der Waals surface area contributed by atoms with Crippen LogP contribution in [0.25, 0.3) is 11.3 Å². The highest BCUT2D eigenvalue weighted by molar-refractivity contribution is 5.85.